The lowest BCUT2D eigenvalue weighted by Gasteiger charge is -2.26. The summed E-state index contributed by atoms with van der Waals surface area (Å²) in [6.07, 6.45) is 0. The summed E-state index contributed by atoms with van der Waals surface area (Å²) >= 11 is 15.8. The summed E-state index contributed by atoms with van der Waals surface area (Å²) in [6, 6.07) is 14.3. The predicted octanol–water partition coefficient (Wildman–Crippen LogP) is 6.32. The first kappa shape index (κ1) is 22.8. The average molecular weight is 561 g/mol. The minimum atomic E-state index is -0.816. The minimum absolute atomic E-state index is 0.0416. The second-order valence-corrected chi connectivity index (χ2v) is 9.49. The number of benzene rings is 3. The smallest absolute Gasteiger partial charge is 0.291 e. The third-order valence-electron chi connectivity index (χ3n) is 5.81. The van der Waals surface area contributed by atoms with E-state index in [1.165, 1.54) is 18.1 Å². The van der Waals surface area contributed by atoms with Crippen LogP contribution in [0.25, 0.3) is 11.0 Å². The molecule has 0 bridgehead atoms. The second-order valence-electron chi connectivity index (χ2n) is 7.80. The molecule has 1 N–H and O–H groups in total. The van der Waals surface area contributed by atoms with Gasteiger partial charge >= 0.3 is 0 Å². The number of rotatable bonds is 4. The highest BCUT2D eigenvalue weighted by Crippen LogP contribution is 2.44. The Balaban J connectivity index is 1.78. The number of carbonyl (C=O) groups is 1. The molecule has 1 amide bonds. The van der Waals surface area contributed by atoms with Gasteiger partial charge in [0.15, 0.2) is 16.9 Å². The Bertz CT molecular complexity index is 1530. The summed E-state index contributed by atoms with van der Waals surface area (Å²) in [5.41, 5.74) is 1.35. The molecule has 1 aliphatic heterocycles. The van der Waals surface area contributed by atoms with Crippen LogP contribution in [-0.4, -0.2) is 23.0 Å². The molecule has 0 saturated carbocycles. The average Bonchev–Trinajstić information content (AvgIpc) is 3.09. The van der Waals surface area contributed by atoms with Gasteiger partial charge in [-0.15, -0.1) is 0 Å². The SMILES string of the molecule is COc1cc(C2c3c(oc4ccc(Cl)cc4c3=O)C(=O)N2Cc2ccccc2Cl)cc(Br)c1O. The van der Waals surface area contributed by atoms with Crippen molar-refractivity contribution in [2.24, 2.45) is 0 Å². The van der Waals surface area contributed by atoms with Gasteiger partial charge in [0.2, 0.25) is 5.76 Å². The van der Waals surface area contributed by atoms with E-state index < -0.39 is 11.9 Å². The van der Waals surface area contributed by atoms with Gasteiger partial charge in [-0.1, -0.05) is 41.4 Å². The number of amides is 1. The van der Waals surface area contributed by atoms with Crippen molar-refractivity contribution >= 4 is 56.0 Å². The Morgan fingerprint density at radius 3 is 2.62 bits per heavy atom. The van der Waals surface area contributed by atoms with Gasteiger partial charge in [-0.05, 0) is 63.5 Å². The van der Waals surface area contributed by atoms with Crippen molar-refractivity contribution in [3.05, 3.63) is 102 Å². The number of phenolic OH excluding ortho intramolecular Hbond substituents is 1. The molecule has 5 rings (SSSR count). The number of phenols is 1. The van der Waals surface area contributed by atoms with Gasteiger partial charge in [0.1, 0.15) is 5.58 Å². The highest BCUT2D eigenvalue weighted by Gasteiger charge is 2.43. The summed E-state index contributed by atoms with van der Waals surface area (Å²) in [7, 11) is 1.42. The molecular formula is C25H16BrCl2NO5. The number of ether oxygens (including phenoxy) is 1. The summed E-state index contributed by atoms with van der Waals surface area (Å²) in [5, 5.41) is 11.5. The first-order valence-corrected chi connectivity index (χ1v) is 11.7. The molecule has 1 atom stereocenters. The van der Waals surface area contributed by atoms with Crippen LogP contribution in [0.1, 0.15) is 33.3 Å². The maximum absolute atomic E-state index is 13.7. The van der Waals surface area contributed by atoms with Gasteiger partial charge < -0.3 is 19.2 Å². The van der Waals surface area contributed by atoms with Crippen LogP contribution in [0.4, 0.5) is 0 Å². The molecule has 1 unspecified atom stereocenters. The Hall–Kier alpha value is -3.00. The van der Waals surface area contributed by atoms with Crippen LogP contribution < -0.4 is 10.2 Å². The zero-order valence-corrected chi connectivity index (χ0v) is 20.7. The van der Waals surface area contributed by atoms with Crippen molar-refractivity contribution in [1.82, 2.24) is 4.90 Å². The molecule has 0 spiro atoms. The molecule has 34 heavy (non-hydrogen) atoms. The summed E-state index contributed by atoms with van der Waals surface area (Å²) in [5.74, 6) is -0.390. The Morgan fingerprint density at radius 2 is 1.88 bits per heavy atom. The molecule has 4 aromatic rings. The minimum Gasteiger partial charge on any atom is -0.503 e. The lowest BCUT2D eigenvalue weighted by Crippen LogP contribution is -2.29. The second kappa shape index (κ2) is 8.65. The fraction of sp³-hybridized carbons (Fsp3) is 0.120. The molecule has 1 aliphatic rings. The van der Waals surface area contributed by atoms with Crippen molar-refractivity contribution < 1.29 is 19.1 Å². The molecule has 1 aromatic heterocycles. The number of aromatic hydroxyl groups is 1. The first-order chi connectivity index (χ1) is 16.3. The Morgan fingerprint density at radius 1 is 1.12 bits per heavy atom. The molecule has 172 valence electrons. The number of hydrogen-bond donors (Lipinski definition) is 1. The van der Waals surface area contributed by atoms with Gasteiger partial charge in [0.05, 0.1) is 28.6 Å². The van der Waals surface area contributed by atoms with Gasteiger partial charge in [0, 0.05) is 16.6 Å². The van der Waals surface area contributed by atoms with Crippen molar-refractivity contribution in [2.45, 2.75) is 12.6 Å². The molecule has 0 aliphatic carbocycles. The normalized spacial score (nSPS) is 15.1. The van der Waals surface area contributed by atoms with Gasteiger partial charge in [-0.3, -0.25) is 9.59 Å². The van der Waals surface area contributed by atoms with Gasteiger partial charge in [0.25, 0.3) is 5.91 Å². The van der Waals surface area contributed by atoms with E-state index in [2.05, 4.69) is 15.9 Å². The van der Waals surface area contributed by atoms with Crippen LogP contribution in [0.15, 0.2) is 68.3 Å². The van der Waals surface area contributed by atoms with Crippen LogP contribution in [0.5, 0.6) is 11.5 Å². The van der Waals surface area contributed by atoms with E-state index in [0.29, 0.717) is 25.6 Å². The maximum Gasteiger partial charge on any atom is 0.291 e. The summed E-state index contributed by atoms with van der Waals surface area (Å²) < 4.78 is 11.6. The van der Waals surface area contributed by atoms with Crippen LogP contribution >= 0.6 is 39.1 Å². The van der Waals surface area contributed by atoms with Crippen LogP contribution in [0, 0.1) is 0 Å². The maximum atomic E-state index is 13.7. The summed E-state index contributed by atoms with van der Waals surface area (Å²) in [6.45, 7) is 0.130. The van der Waals surface area contributed by atoms with Crippen molar-refractivity contribution in [1.29, 1.82) is 0 Å². The number of carbonyl (C=O) groups excluding carboxylic acids is 1. The molecule has 0 saturated heterocycles. The lowest BCUT2D eigenvalue weighted by molar-refractivity contribution is 0.0714. The third kappa shape index (κ3) is 3.64. The number of fused-ring (bicyclic) bond motifs is 2. The van der Waals surface area contributed by atoms with Gasteiger partial charge in [-0.2, -0.15) is 0 Å². The zero-order valence-electron chi connectivity index (χ0n) is 17.6. The lowest BCUT2D eigenvalue weighted by atomic mass is 9.97. The molecule has 6 nitrogen and oxygen atoms in total. The topological polar surface area (TPSA) is 80.0 Å². The number of halogens is 3. The molecule has 3 aromatic carbocycles. The number of nitrogens with zero attached hydrogens (tertiary/aromatic N) is 1. The van der Waals surface area contributed by atoms with E-state index in [1.807, 2.05) is 12.1 Å². The molecule has 0 fully saturated rings. The molecule has 2 heterocycles. The quantitative estimate of drug-likeness (QED) is 0.316. The number of hydrogen-bond acceptors (Lipinski definition) is 5. The largest absolute Gasteiger partial charge is 0.503 e. The fourth-order valence-corrected chi connectivity index (χ4v) is 5.05. The fourth-order valence-electron chi connectivity index (χ4n) is 4.22. The van der Waals surface area contributed by atoms with Crippen LogP contribution in [-0.2, 0) is 6.54 Å². The van der Waals surface area contributed by atoms with Crippen molar-refractivity contribution in [2.75, 3.05) is 7.11 Å². The molecule has 0 radical (unpaired) electrons. The third-order valence-corrected chi connectivity index (χ3v) is 7.02. The van der Waals surface area contributed by atoms with E-state index in [9.17, 15) is 14.7 Å². The van der Waals surface area contributed by atoms with E-state index >= 15 is 0 Å². The first-order valence-electron chi connectivity index (χ1n) is 10.2. The molecule has 9 heteroatoms. The Kier molecular flexibility index (Phi) is 5.80. The van der Waals surface area contributed by atoms with E-state index in [0.717, 1.165) is 0 Å². The molecular weight excluding hydrogens is 545 g/mol. The zero-order chi connectivity index (χ0) is 24.1. The van der Waals surface area contributed by atoms with Crippen LogP contribution in [0.3, 0.4) is 0 Å². The monoisotopic (exact) mass is 559 g/mol. The van der Waals surface area contributed by atoms with E-state index in [4.69, 9.17) is 32.4 Å². The van der Waals surface area contributed by atoms with E-state index in [1.54, 1.807) is 36.4 Å². The number of methoxy groups -OCH3 is 1. The predicted molar refractivity (Wildman–Crippen MR) is 133 cm³/mol. The standard InChI is InChI=1S/C25H16BrCl2NO5/c1-33-19-9-13(8-16(26)23(19)31)21-20-22(30)15-10-14(27)6-7-18(15)34-24(20)25(32)29(21)11-12-4-2-3-5-17(12)28/h2-10,21,31H,11H2,1H3. The Labute approximate surface area is 212 Å². The van der Waals surface area contributed by atoms with E-state index in [-0.39, 0.29) is 45.8 Å². The van der Waals surface area contributed by atoms with Crippen molar-refractivity contribution in [3.8, 4) is 11.5 Å². The highest BCUT2D eigenvalue weighted by atomic mass is 79.9. The van der Waals surface area contributed by atoms with Gasteiger partial charge in [-0.25, -0.2) is 0 Å². The highest BCUT2D eigenvalue weighted by molar-refractivity contribution is 9.10. The van der Waals surface area contributed by atoms with Crippen LogP contribution in [0.2, 0.25) is 10.0 Å². The van der Waals surface area contributed by atoms with Crippen molar-refractivity contribution in [3.63, 3.8) is 0 Å². The summed E-state index contributed by atoms with van der Waals surface area (Å²) in [4.78, 5) is 28.8.